The predicted octanol–water partition coefficient (Wildman–Crippen LogP) is 3.19. The number of aliphatic hydroxyl groups excluding tert-OH is 1. The Kier molecular flexibility index (Phi) is 5.01. The summed E-state index contributed by atoms with van der Waals surface area (Å²) in [5, 5.41) is 29.7. The molecule has 4 rings (SSSR count). The highest BCUT2D eigenvalue weighted by molar-refractivity contribution is 7.22. The first kappa shape index (κ1) is 19.4. The van der Waals surface area contributed by atoms with Crippen LogP contribution in [-0.2, 0) is 4.79 Å². The van der Waals surface area contributed by atoms with Gasteiger partial charge >= 0.3 is 0 Å². The second-order valence-corrected chi connectivity index (χ2v) is 8.20. The Morgan fingerprint density at radius 1 is 1.45 bits per heavy atom. The summed E-state index contributed by atoms with van der Waals surface area (Å²) in [4.78, 5) is 21.5. The van der Waals surface area contributed by atoms with E-state index in [1.165, 1.54) is 15.9 Å². The molecule has 3 heterocycles. The third-order valence-electron chi connectivity index (χ3n) is 5.09. The fraction of sp³-hybridized carbons (Fsp3) is 0.350. The van der Waals surface area contributed by atoms with Crippen LogP contribution < -0.4 is 10.8 Å². The molecular formula is C20H22N6O2S. The summed E-state index contributed by atoms with van der Waals surface area (Å²) in [7, 11) is 0. The number of hydrogen-bond acceptors (Lipinski definition) is 7. The number of nitrogens with one attached hydrogen (secondary N) is 3. The van der Waals surface area contributed by atoms with E-state index in [1.54, 1.807) is 12.3 Å². The Morgan fingerprint density at radius 2 is 2.21 bits per heavy atom. The number of thiazole rings is 1. The van der Waals surface area contributed by atoms with Crippen LogP contribution in [0.15, 0.2) is 18.3 Å². The average molecular weight is 411 g/mol. The van der Waals surface area contributed by atoms with Gasteiger partial charge in [0, 0.05) is 23.2 Å². The van der Waals surface area contributed by atoms with Gasteiger partial charge in [-0.1, -0.05) is 18.3 Å². The number of fused-ring (bicyclic) bond motifs is 1. The molecule has 4 N–H and O–H groups in total. The summed E-state index contributed by atoms with van der Waals surface area (Å²) >= 11 is 1.25. The lowest BCUT2D eigenvalue weighted by molar-refractivity contribution is -0.117. The fourth-order valence-corrected chi connectivity index (χ4v) is 4.14. The number of aryl methyl sites for hydroxylation is 1. The van der Waals surface area contributed by atoms with Gasteiger partial charge in [-0.25, -0.2) is 4.98 Å². The van der Waals surface area contributed by atoms with E-state index in [1.807, 2.05) is 19.9 Å². The fourth-order valence-electron chi connectivity index (χ4n) is 3.21. The smallest absolute Gasteiger partial charge is 0.229 e. The minimum Gasteiger partial charge on any atom is -0.387 e. The Balaban J connectivity index is 1.80. The minimum atomic E-state index is -0.622. The molecule has 9 heteroatoms. The largest absolute Gasteiger partial charge is 0.387 e. The van der Waals surface area contributed by atoms with Gasteiger partial charge in [0.15, 0.2) is 5.13 Å². The maximum Gasteiger partial charge on any atom is 0.229 e. The number of amides is 1. The predicted molar refractivity (Wildman–Crippen MR) is 112 cm³/mol. The van der Waals surface area contributed by atoms with Crippen LogP contribution in [-0.4, -0.2) is 31.9 Å². The maximum absolute atomic E-state index is 12.1. The third kappa shape index (κ3) is 3.58. The quantitative estimate of drug-likeness (QED) is 0.367. The normalized spacial score (nSPS) is 14.7. The van der Waals surface area contributed by atoms with Crippen molar-refractivity contribution < 1.29 is 9.90 Å². The SMILES string of the molecule is CC[C@@H](O)c1cc(C)c(-c2cc3nc(NC(=O)C4CC4)sc3n(C=N)c2=N)cn1. The summed E-state index contributed by atoms with van der Waals surface area (Å²) < 4.78 is 1.45. The minimum absolute atomic E-state index is 0.0260. The first-order chi connectivity index (χ1) is 13.9. The van der Waals surface area contributed by atoms with E-state index in [2.05, 4.69) is 15.3 Å². The molecule has 1 aliphatic rings. The van der Waals surface area contributed by atoms with Crippen molar-refractivity contribution >= 4 is 39.1 Å². The van der Waals surface area contributed by atoms with Crippen LogP contribution in [0.4, 0.5) is 5.13 Å². The molecule has 3 aromatic heterocycles. The molecule has 1 saturated carbocycles. The van der Waals surface area contributed by atoms with Crippen molar-refractivity contribution in [1.82, 2.24) is 14.5 Å². The van der Waals surface area contributed by atoms with Gasteiger partial charge in [0.2, 0.25) is 5.91 Å². The number of nitrogens with zero attached hydrogens (tertiary/aromatic N) is 3. The van der Waals surface area contributed by atoms with Crippen molar-refractivity contribution in [2.75, 3.05) is 5.32 Å². The number of aromatic nitrogens is 3. The van der Waals surface area contributed by atoms with Gasteiger partial charge in [-0.05, 0) is 43.9 Å². The first-order valence-corrected chi connectivity index (χ1v) is 10.3. The monoisotopic (exact) mass is 410 g/mol. The van der Waals surface area contributed by atoms with Gasteiger partial charge < -0.3 is 10.4 Å². The maximum atomic E-state index is 12.1. The van der Waals surface area contributed by atoms with Crippen molar-refractivity contribution in [2.45, 2.75) is 39.2 Å². The Labute approximate surface area is 171 Å². The van der Waals surface area contributed by atoms with Crippen molar-refractivity contribution in [3.8, 4) is 11.1 Å². The molecule has 0 saturated heterocycles. The third-order valence-corrected chi connectivity index (χ3v) is 6.07. The molecule has 0 bridgehead atoms. The van der Waals surface area contributed by atoms with E-state index in [4.69, 9.17) is 10.8 Å². The van der Waals surface area contributed by atoms with Crippen molar-refractivity contribution in [2.24, 2.45) is 5.92 Å². The molecule has 1 amide bonds. The molecule has 0 spiro atoms. The molecule has 1 fully saturated rings. The summed E-state index contributed by atoms with van der Waals surface area (Å²) in [5.41, 5.74) is 3.56. The first-order valence-electron chi connectivity index (χ1n) is 9.50. The van der Waals surface area contributed by atoms with Crippen LogP contribution >= 0.6 is 11.3 Å². The Bertz CT molecular complexity index is 1180. The zero-order valence-corrected chi connectivity index (χ0v) is 17.0. The van der Waals surface area contributed by atoms with Crippen molar-refractivity contribution in [3.05, 3.63) is 35.1 Å². The Hall–Kier alpha value is -2.91. The van der Waals surface area contributed by atoms with Crippen LogP contribution in [0.5, 0.6) is 0 Å². The summed E-state index contributed by atoms with van der Waals surface area (Å²) in [6, 6.07) is 3.62. The molecular weight excluding hydrogens is 388 g/mol. The van der Waals surface area contributed by atoms with Gasteiger partial charge in [-0.2, -0.15) is 0 Å². The van der Waals surface area contributed by atoms with E-state index in [0.29, 0.717) is 33.2 Å². The van der Waals surface area contributed by atoms with Gasteiger partial charge in [0.25, 0.3) is 0 Å². The van der Waals surface area contributed by atoms with E-state index >= 15 is 0 Å². The lowest BCUT2D eigenvalue weighted by Crippen LogP contribution is -2.21. The number of aliphatic hydroxyl groups is 1. The highest BCUT2D eigenvalue weighted by Crippen LogP contribution is 2.33. The van der Waals surface area contributed by atoms with E-state index < -0.39 is 6.10 Å². The molecule has 0 radical (unpaired) electrons. The second kappa shape index (κ2) is 7.49. The molecule has 3 aromatic rings. The number of rotatable bonds is 6. The van der Waals surface area contributed by atoms with E-state index in [0.717, 1.165) is 30.3 Å². The highest BCUT2D eigenvalue weighted by atomic mass is 32.1. The van der Waals surface area contributed by atoms with Gasteiger partial charge in [-0.15, -0.1) is 0 Å². The average Bonchev–Trinajstić information content (AvgIpc) is 3.48. The second-order valence-electron chi connectivity index (χ2n) is 7.23. The van der Waals surface area contributed by atoms with E-state index in [9.17, 15) is 9.90 Å². The highest BCUT2D eigenvalue weighted by Gasteiger charge is 2.30. The van der Waals surface area contributed by atoms with Crippen molar-refractivity contribution in [3.63, 3.8) is 0 Å². The van der Waals surface area contributed by atoms with Gasteiger partial charge in [-0.3, -0.25) is 25.2 Å². The molecule has 0 aromatic carbocycles. The van der Waals surface area contributed by atoms with Crippen LogP contribution in [0.2, 0.25) is 0 Å². The van der Waals surface area contributed by atoms with Gasteiger partial charge in [0.05, 0.1) is 18.1 Å². The van der Waals surface area contributed by atoms with Crippen molar-refractivity contribution in [1.29, 1.82) is 10.8 Å². The molecule has 1 atom stereocenters. The molecule has 150 valence electrons. The summed E-state index contributed by atoms with van der Waals surface area (Å²) in [5.74, 6) is 0.0479. The van der Waals surface area contributed by atoms with Gasteiger partial charge in [0.1, 0.15) is 15.8 Å². The summed E-state index contributed by atoms with van der Waals surface area (Å²) in [6.07, 6.45) is 4.50. The Morgan fingerprint density at radius 3 is 2.83 bits per heavy atom. The summed E-state index contributed by atoms with van der Waals surface area (Å²) in [6.45, 7) is 3.80. The van der Waals surface area contributed by atoms with E-state index in [-0.39, 0.29) is 17.3 Å². The topological polar surface area (TPSA) is 128 Å². The van der Waals surface area contributed by atoms with Crippen LogP contribution in [0.1, 0.15) is 43.5 Å². The zero-order valence-electron chi connectivity index (χ0n) is 16.2. The number of hydrogen-bond donors (Lipinski definition) is 4. The van der Waals surface area contributed by atoms with Crippen LogP contribution in [0.25, 0.3) is 21.5 Å². The molecule has 0 unspecified atom stereocenters. The zero-order chi connectivity index (χ0) is 20.7. The number of pyridine rings is 2. The molecule has 29 heavy (non-hydrogen) atoms. The van der Waals surface area contributed by atoms with Crippen LogP contribution in [0.3, 0.4) is 0 Å². The number of anilines is 1. The molecule has 8 nitrogen and oxygen atoms in total. The van der Waals surface area contributed by atoms with Crippen LogP contribution in [0, 0.1) is 23.7 Å². The molecule has 0 aliphatic heterocycles. The molecule has 1 aliphatic carbocycles. The number of carbonyl (C=O) groups is 1. The standard InChI is InChI=1S/C20H22N6O2S/c1-3-16(27)14-6-10(2)13(8-23-14)12-7-15-19(26(9-21)17(12)22)29-20(24-15)25-18(28)11-4-5-11/h6-9,11,16,21-22,27H,3-5H2,1-2H3,(H,24,25,28)/t16-/m1/s1. The number of carbonyl (C=O) groups excluding carboxylic acids is 1. The lowest BCUT2D eigenvalue weighted by Gasteiger charge is -2.12. The lowest BCUT2D eigenvalue weighted by atomic mass is 10.0.